The molecule has 0 saturated heterocycles. The van der Waals surface area contributed by atoms with E-state index in [4.69, 9.17) is 5.11 Å². The van der Waals surface area contributed by atoms with Gasteiger partial charge in [0.25, 0.3) is 0 Å². The second-order valence-corrected chi connectivity index (χ2v) is 5.07. The van der Waals surface area contributed by atoms with E-state index in [2.05, 4.69) is 24.5 Å². The molecule has 3 unspecified atom stereocenters. The summed E-state index contributed by atoms with van der Waals surface area (Å²) >= 11 is 0. The normalized spacial score (nSPS) is 16.6. The first kappa shape index (κ1) is 16.4. The minimum absolute atomic E-state index is 0.0305. The average Bonchev–Trinajstić information content (AvgIpc) is 2.27. The molecule has 0 bridgehead atoms. The summed E-state index contributed by atoms with van der Waals surface area (Å²) in [7, 11) is 0. The molecule has 4 nitrogen and oxygen atoms in total. The fourth-order valence-corrected chi connectivity index (χ4v) is 1.61. The Kier molecular flexibility index (Phi) is 8.17. The van der Waals surface area contributed by atoms with E-state index in [0.29, 0.717) is 12.3 Å². The lowest BCUT2D eigenvalue weighted by Crippen LogP contribution is -2.50. The zero-order valence-corrected chi connectivity index (χ0v) is 11.8. The van der Waals surface area contributed by atoms with Crippen molar-refractivity contribution in [2.75, 3.05) is 6.61 Å². The van der Waals surface area contributed by atoms with Crippen molar-refractivity contribution in [3.05, 3.63) is 0 Å². The number of aliphatic hydroxyl groups is 1. The van der Waals surface area contributed by atoms with Crippen molar-refractivity contribution in [2.24, 2.45) is 5.92 Å². The van der Waals surface area contributed by atoms with Gasteiger partial charge in [-0.25, -0.2) is 0 Å². The molecule has 0 spiro atoms. The average molecular weight is 244 g/mol. The lowest BCUT2D eigenvalue weighted by Gasteiger charge is -2.26. The summed E-state index contributed by atoms with van der Waals surface area (Å²) in [5, 5.41) is 15.2. The van der Waals surface area contributed by atoms with Crippen LogP contribution in [-0.4, -0.2) is 35.7 Å². The largest absolute Gasteiger partial charge is 0.396 e. The molecule has 1 amide bonds. The molecule has 3 N–H and O–H groups in total. The molecule has 0 aliphatic heterocycles. The summed E-state index contributed by atoms with van der Waals surface area (Å²) in [6.45, 7) is 10.2. The molecule has 0 fully saturated rings. The second kappa shape index (κ2) is 8.48. The van der Waals surface area contributed by atoms with Gasteiger partial charge in [-0.05, 0) is 32.6 Å². The van der Waals surface area contributed by atoms with Crippen LogP contribution in [0.15, 0.2) is 0 Å². The van der Waals surface area contributed by atoms with Gasteiger partial charge in [0, 0.05) is 18.7 Å². The Morgan fingerprint density at radius 3 is 2.24 bits per heavy atom. The maximum atomic E-state index is 11.8. The highest BCUT2D eigenvalue weighted by atomic mass is 16.3. The zero-order chi connectivity index (χ0) is 13.4. The highest BCUT2D eigenvalue weighted by molar-refractivity contribution is 5.81. The highest BCUT2D eigenvalue weighted by Crippen LogP contribution is 2.06. The number of carbonyl (C=O) groups is 1. The number of nitrogens with one attached hydrogen (secondary N) is 2. The number of amides is 1. The quantitative estimate of drug-likeness (QED) is 0.603. The van der Waals surface area contributed by atoms with Gasteiger partial charge >= 0.3 is 0 Å². The number of hydrogen-bond acceptors (Lipinski definition) is 3. The standard InChI is InChI=1S/C13H28N2O2/c1-6-10(4)14-13(17)11(5)15-12(7-8-16)9(2)3/h9-12,15-16H,6-8H2,1-5H3,(H,14,17). The molecule has 0 aromatic carbocycles. The van der Waals surface area contributed by atoms with Crippen molar-refractivity contribution in [3.8, 4) is 0 Å². The Hall–Kier alpha value is -0.610. The third-order valence-corrected chi connectivity index (χ3v) is 3.10. The Labute approximate surface area is 105 Å². The fraction of sp³-hybridized carbons (Fsp3) is 0.923. The predicted octanol–water partition coefficient (Wildman–Crippen LogP) is 1.29. The van der Waals surface area contributed by atoms with Crippen LogP contribution in [0.4, 0.5) is 0 Å². The Bertz CT molecular complexity index is 219. The van der Waals surface area contributed by atoms with E-state index < -0.39 is 0 Å². The van der Waals surface area contributed by atoms with Crippen molar-refractivity contribution in [1.82, 2.24) is 10.6 Å². The van der Waals surface area contributed by atoms with Crippen LogP contribution >= 0.6 is 0 Å². The van der Waals surface area contributed by atoms with E-state index in [1.54, 1.807) is 0 Å². The van der Waals surface area contributed by atoms with Crippen LogP contribution in [-0.2, 0) is 4.79 Å². The van der Waals surface area contributed by atoms with E-state index in [0.717, 1.165) is 6.42 Å². The fourth-order valence-electron chi connectivity index (χ4n) is 1.61. The van der Waals surface area contributed by atoms with E-state index in [1.807, 2.05) is 20.8 Å². The number of aliphatic hydroxyl groups excluding tert-OH is 1. The van der Waals surface area contributed by atoms with Crippen molar-refractivity contribution < 1.29 is 9.90 Å². The van der Waals surface area contributed by atoms with Gasteiger partial charge in [-0.2, -0.15) is 0 Å². The van der Waals surface area contributed by atoms with Crippen LogP contribution in [0.5, 0.6) is 0 Å². The minimum Gasteiger partial charge on any atom is -0.396 e. The maximum absolute atomic E-state index is 11.8. The van der Waals surface area contributed by atoms with Crippen LogP contribution in [0.25, 0.3) is 0 Å². The van der Waals surface area contributed by atoms with Crippen LogP contribution in [0.1, 0.15) is 47.5 Å². The second-order valence-electron chi connectivity index (χ2n) is 5.07. The van der Waals surface area contributed by atoms with Gasteiger partial charge in [-0.1, -0.05) is 20.8 Å². The Balaban J connectivity index is 4.20. The summed E-state index contributed by atoms with van der Waals surface area (Å²) in [4.78, 5) is 11.8. The van der Waals surface area contributed by atoms with Gasteiger partial charge in [0.2, 0.25) is 5.91 Å². The van der Waals surface area contributed by atoms with Crippen molar-refractivity contribution in [2.45, 2.75) is 65.6 Å². The van der Waals surface area contributed by atoms with Crippen molar-refractivity contribution in [3.63, 3.8) is 0 Å². The van der Waals surface area contributed by atoms with Crippen molar-refractivity contribution in [1.29, 1.82) is 0 Å². The third-order valence-electron chi connectivity index (χ3n) is 3.10. The van der Waals surface area contributed by atoms with E-state index in [9.17, 15) is 4.79 Å². The SMILES string of the molecule is CCC(C)NC(=O)C(C)NC(CCO)C(C)C. The molecular weight excluding hydrogens is 216 g/mol. The van der Waals surface area contributed by atoms with E-state index >= 15 is 0 Å². The summed E-state index contributed by atoms with van der Waals surface area (Å²) in [5.74, 6) is 0.434. The molecule has 0 radical (unpaired) electrons. The Morgan fingerprint density at radius 1 is 1.24 bits per heavy atom. The smallest absolute Gasteiger partial charge is 0.237 e. The molecule has 0 aliphatic rings. The highest BCUT2D eigenvalue weighted by Gasteiger charge is 2.20. The molecule has 17 heavy (non-hydrogen) atoms. The molecule has 0 saturated carbocycles. The maximum Gasteiger partial charge on any atom is 0.237 e. The van der Waals surface area contributed by atoms with Gasteiger partial charge in [0.1, 0.15) is 0 Å². The number of rotatable bonds is 8. The first-order valence-corrected chi connectivity index (χ1v) is 6.59. The molecule has 0 aromatic rings. The van der Waals surface area contributed by atoms with Crippen LogP contribution in [0.3, 0.4) is 0 Å². The lowest BCUT2D eigenvalue weighted by molar-refractivity contribution is -0.123. The van der Waals surface area contributed by atoms with Crippen LogP contribution in [0.2, 0.25) is 0 Å². The minimum atomic E-state index is -0.219. The van der Waals surface area contributed by atoms with Gasteiger partial charge < -0.3 is 15.7 Å². The molecule has 0 rings (SSSR count). The number of carbonyl (C=O) groups excluding carboxylic acids is 1. The van der Waals surface area contributed by atoms with Gasteiger partial charge in [0.05, 0.1) is 6.04 Å². The van der Waals surface area contributed by atoms with Gasteiger partial charge in [-0.15, -0.1) is 0 Å². The molecule has 0 aromatic heterocycles. The lowest BCUT2D eigenvalue weighted by atomic mass is 10.0. The Morgan fingerprint density at radius 2 is 1.82 bits per heavy atom. The van der Waals surface area contributed by atoms with Gasteiger partial charge in [-0.3, -0.25) is 4.79 Å². The summed E-state index contributed by atoms with van der Waals surface area (Å²) < 4.78 is 0. The third kappa shape index (κ3) is 6.64. The van der Waals surface area contributed by atoms with Gasteiger partial charge in [0.15, 0.2) is 0 Å². The van der Waals surface area contributed by atoms with E-state index in [-0.39, 0.29) is 30.6 Å². The molecular formula is C13H28N2O2. The first-order valence-electron chi connectivity index (χ1n) is 6.59. The summed E-state index contributed by atoms with van der Waals surface area (Å²) in [6, 6.07) is 0.169. The first-order chi connectivity index (χ1) is 7.92. The van der Waals surface area contributed by atoms with E-state index in [1.165, 1.54) is 0 Å². The zero-order valence-electron chi connectivity index (χ0n) is 11.8. The monoisotopic (exact) mass is 244 g/mol. The van der Waals surface area contributed by atoms with Crippen LogP contribution in [0, 0.1) is 5.92 Å². The molecule has 102 valence electrons. The molecule has 4 heteroatoms. The summed E-state index contributed by atoms with van der Waals surface area (Å²) in [6.07, 6.45) is 1.61. The topological polar surface area (TPSA) is 61.4 Å². The molecule has 3 atom stereocenters. The molecule has 0 heterocycles. The van der Waals surface area contributed by atoms with Crippen molar-refractivity contribution >= 4 is 5.91 Å². The summed E-state index contributed by atoms with van der Waals surface area (Å²) in [5.41, 5.74) is 0. The predicted molar refractivity (Wildman–Crippen MR) is 70.8 cm³/mol. The number of hydrogen-bond donors (Lipinski definition) is 3. The molecule has 0 aliphatic carbocycles. The van der Waals surface area contributed by atoms with Crippen LogP contribution < -0.4 is 10.6 Å².